The van der Waals surface area contributed by atoms with Crippen LogP contribution in [0.4, 0.5) is 0 Å². The summed E-state index contributed by atoms with van der Waals surface area (Å²) in [6.45, 7) is 23.5. The van der Waals surface area contributed by atoms with Crippen molar-refractivity contribution in [3.05, 3.63) is 46.6 Å². The Hall–Kier alpha value is -2.75. The summed E-state index contributed by atoms with van der Waals surface area (Å²) in [4.78, 5) is 39.3. The molecule has 0 saturated heterocycles. The van der Waals surface area contributed by atoms with Gasteiger partial charge >= 0.3 is 17.9 Å². The summed E-state index contributed by atoms with van der Waals surface area (Å²) in [5.74, 6) is -1.27. The summed E-state index contributed by atoms with van der Waals surface area (Å²) in [5.41, 5.74) is -0.778. The first-order chi connectivity index (χ1) is 25.1. The highest BCUT2D eigenvalue weighted by Gasteiger charge is 2.73. The summed E-state index contributed by atoms with van der Waals surface area (Å²) < 4.78 is 18.3. The summed E-state index contributed by atoms with van der Waals surface area (Å²) in [6, 6.07) is 0. The second-order valence-electron chi connectivity index (χ2n) is 19.2. The zero-order valence-corrected chi connectivity index (χ0v) is 35.0. The third-order valence-corrected chi connectivity index (χ3v) is 16.4. The maximum atomic E-state index is 13.2. The molecular weight excluding hydrogens is 684 g/mol. The molecule has 3 unspecified atom stereocenters. The molecule has 0 amide bonds. The molecule has 0 aromatic carbocycles. The first-order valence-corrected chi connectivity index (χ1v) is 20.2. The number of fused-ring (bicyclic) bond motifs is 7. The van der Waals surface area contributed by atoms with Crippen molar-refractivity contribution in [1.82, 2.24) is 0 Å². The molecule has 0 heterocycles. The lowest BCUT2D eigenvalue weighted by atomic mass is 9.33. The molecule has 3 N–H and O–H groups in total. The normalized spacial score (nSPS) is 43.4. The average molecular weight is 753 g/mol. The van der Waals surface area contributed by atoms with Crippen LogP contribution >= 0.6 is 0 Å². The summed E-state index contributed by atoms with van der Waals surface area (Å²) in [6.07, 6.45) is 8.69. The van der Waals surface area contributed by atoms with Crippen LogP contribution < -0.4 is 0 Å². The fourth-order valence-corrected chi connectivity index (χ4v) is 12.4. The number of hydrogen-bond acceptors (Lipinski definition) is 9. The van der Waals surface area contributed by atoms with Crippen LogP contribution in [0.1, 0.15) is 128 Å². The van der Waals surface area contributed by atoms with Gasteiger partial charge in [-0.15, -0.1) is 0 Å². The number of carbonyl (C=O) groups excluding carboxylic acids is 3. The lowest BCUT2D eigenvalue weighted by Gasteiger charge is -2.72. The number of hydrogen-bond donors (Lipinski definition) is 3. The van der Waals surface area contributed by atoms with Gasteiger partial charge in [0, 0.05) is 27.5 Å². The van der Waals surface area contributed by atoms with Crippen LogP contribution in [0.3, 0.4) is 0 Å². The van der Waals surface area contributed by atoms with Gasteiger partial charge in [-0.05, 0) is 120 Å². The number of ether oxygens (including phenoxy) is 3. The van der Waals surface area contributed by atoms with Crippen molar-refractivity contribution in [2.45, 2.75) is 152 Å². The highest BCUT2D eigenvalue weighted by atomic mass is 16.6. The second kappa shape index (κ2) is 14.6. The maximum Gasteiger partial charge on any atom is 0.333 e. The lowest BCUT2D eigenvalue weighted by Crippen LogP contribution is -2.72. The van der Waals surface area contributed by atoms with E-state index in [2.05, 4.69) is 33.8 Å². The first-order valence-electron chi connectivity index (χ1n) is 20.2. The van der Waals surface area contributed by atoms with E-state index in [-0.39, 0.29) is 47.1 Å². The SMILES string of the molecule is C/C=C(\C)C(=O)OC[C@]1(C)C2CC[C@]3(C)C(CC=C4C5CC(C)(C)[C@@H](OC(=O)/C(C)=C/C)[C@H](O)[C@]5(CO)[C@H](O)C[C@]43C)[C@@]2(C)CC[C@@H]1OC(=O)/C(C)=C/C. The standard InChI is InChI=1S/C45H68O9/c1-13-26(4)37(49)52-25-42(10)31-18-21-43(11)32(41(31,9)20-19-34(42)53-38(50)27(5)14-2)17-16-29-30-22-40(7,8)36(54-39(51)28(6)15-3)35(48)45(30,24-46)33(47)23-44(29,43)12/h13-16,30-36,46-48H,17-25H2,1-12H3/b26-13+,27-14+,28-15+/t30?,31?,32?,33-,34+,35+,36+,41+,42-,43-,44-,45+/m1/s1. The smallest absolute Gasteiger partial charge is 0.333 e. The topological polar surface area (TPSA) is 140 Å². The van der Waals surface area contributed by atoms with Gasteiger partial charge in [0.1, 0.15) is 24.9 Å². The zero-order chi connectivity index (χ0) is 40.4. The molecule has 0 bridgehead atoms. The number of aliphatic hydroxyl groups excluding tert-OH is 3. The van der Waals surface area contributed by atoms with Gasteiger partial charge < -0.3 is 29.5 Å². The number of esters is 3. The minimum absolute atomic E-state index is 0.0781. The molecular formula is C45H68O9. The van der Waals surface area contributed by atoms with E-state index in [1.54, 1.807) is 45.9 Å². The van der Waals surface area contributed by atoms with E-state index in [0.29, 0.717) is 36.0 Å². The van der Waals surface area contributed by atoms with Gasteiger partial charge in [-0.1, -0.05) is 71.4 Å². The molecule has 9 heteroatoms. The van der Waals surface area contributed by atoms with Gasteiger partial charge in [0.2, 0.25) is 0 Å². The van der Waals surface area contributed by atoms with E-state index < -0.39 is 58.7 Å². The third kappa shape index (κ3) is 6.18. The van der Waals surface area contributed by atoms with Crippen LogP contribution in [-0.4, -0.2) is 70.9 Å². The molecule has 0 aliphatic heterocycles. The largest absolute Gasteiger partial charge is 0.462 e. The number of allylic oxidation sites excluding steroid dienone is 5. The van der Waals surface area contributed by atoms with E-state index in [1.807, 2.05) is 27.7 Å². The van der Waals surface area contributed by atoms with E-state index in [4.69, 9.17) is 14.2 Å². The highest BCUT2D eigenvalue weighted by Crippen LogP contribution is 2.76. The maximum absolute atomic E-state index is 13.2. The Labute approximate surface area is 323 Å². The molecule has 4 saturated carbocycles. The van der Waals surface area contributed by atoms with Gasteiger partial charge in [-0.25, -0.2) is 14.4 Å². The monoisotopic (exact) mass is 752 g/mol. The van der Waals surface area contributed by atoms with E-state index in [1.165, 1.54) is 5.57 Å². The fourth-order valence-electron chi connectivity index (χ4n) is 12.4. The molecule has 0 radical (unpaired) electrons. The Bertz CT molecular complexity index is 1640. The summed E-state index contributed by atoms with van der Waals surface area (Å²) >= 11 is 0. The Kier molecular flexibility index (Phi) is 11.5. The zero-order valence-electron chi connectivity index (χ0n) is 35.0. The molecule has 12 atom stereocenters. The van der Waals surface area contributed by atoms with Gasteiger partial charge in [0.25, 0.3) is 0 Å². The molecule has 0 spiro atoms. The second-order valence-corrected chi connectivity index (χ2v) is 19.2. The van der Waals surface area contributed by atoms with E-state index in [0.717, 1.165) is 25.7 Å². The van der Waals surface area contributed by atoms with E-state index in [9.17, 15) is 29.7 Å². The molecule has 4 fully saturated rings. The molecule has 9 nitrogen and oxygen atoms in total. The molecule has 302 valence electrons. The lowest BCUT2D eigenvalue weighted by molar-refractivity contribution is -0.263. The third-order valence-electron chi connectivity index (χ3n) is 16.4. The summed E-state index contributed by atoms with van der Waals surface area (Å²) in [5, 5.41) is 35.8. The Balaban J connectivity index is 1.55. The number of rotatable bonds is 8. The van der Waals surface area contributed by atoms with Crippen molar-refractivity contribution < 1.29 is 43.9 Å². The minimum atomic E-state index is -1.29. The fraction of sp³-hybridized carbons (Fsp3) is 0.756. The Morgan fingerprint density at radius 1 is 0.796 bits per heavy atom. The quantitative estimate of drug-likeness (QED) is 0.0991. The minimum Gasteiger partial charge on any atom is -0.462 e. The number of carbonyl (C=O) groups is 3. The van der Waals surface area contributed by atoms with Crippen LogP contribution in [-0.2, 0) is 28.6 Å². The molecule has 5 rings (SSSR count). The average Bonchev–Trinajstić information content (AvgIpc) is 3.12. The van der Waals surface area contributed by atoms with Crippen LogP contribution in [0, 0.1) is 50.2 Å². The molecule has 0 aromatic heterocycles. The van der Waals surface area contributed by atoms with Crippen molar-refractivity contribution in [3.63, 3.8) is 0 Å². The molecule has 0 aromatic rings. The van der Waals surface area contributed by atoms with Crippen molar-refractivity contribution in [2.24, 2.45) is 50.2 Å². The van der Waals surface area contributed by atoms with Crippen LogP contribution in [0.25, 0.3) is 0 Å². The van der Waals surface area contributed by atoms with Gasteiger partial charge in [0.05, 0.1) is 18.1 Å². The number of aliphatic hydroxyl groups is 3. The predicted molar refractivity (Wildman–Crippen MR) is 208 cm³/mol. The van der Waals surface area contributed by atoms with Crippen LogP contribution in [0.2, 0.25) is 0 Å². The van der Waals surface area contributed by atoms with Crippen molar-refractivity contribution in [3.8, 4) is 0 Å². The first kappa shape index (κ1) is 42.4. The van der Waals surface area contributed by atoms with E-state index >= 15 is 0 Å². The van der Waals surface area contributed by atoms with Crippen molar-refractivity contribution in [2.75, 3.05) is 13.2 Å². The van der Waals surface area contributed by atoms with Crippen molar-refractivity contribution >= 4 is 17.9 Å². The predicted octanol–water partition coefficient (Wildman–Crippen LogP) is 7.58. The molecule has 5 aliphatic carbocycles. The Morgan fingerprint density at radius 3 is 1.94 bits per heavy atom. The van der Waals surface area contributed by atoms with Crippen molar-refractivity contribution in [1.29, 1.82) is 0 Å². The van der Waals surface area contributed by atoms with Gasteiger partial charge in [-0.3, -0.25) is 0 Å². The highest BCUT2D eigenvalue weighted by molar-refractivity contribution is 5.88. The molecule has 54 heavy (non-hydrogen) atoms. The van der Waals surface area contributed by atoms with Gasteiger partial charge in [-0.2, -0.15) is 0 Å². The van der Waals surface area contributed by atoms with Crippen LogP contribution in [0.15, 0.2) is 46.6 Å². The Morgan fingerprint density at radius 2 is 1.37 bits per heavy atom. The van der Waals surface area contributed by atoms with Crippen LogP contribution in [0.5, 0.6) is 0 Å². The van der Waals surface area contributed by atoms with Gasteiger partial charge in [0.15, 0.2) is 0 Å². The molecule has 5 aliphatic rings. The summed E-state index contributed by atoms with van der Waals surface area (Å²) in [7, 11) is 0.